The minimum absolute atomic E-state index is 0.0388. The molecule has 1 atom stereocenters. The minimum atomic E-state index is -0.135. The first kappa shape index (κ1) is 17.1. The number of hydrogen-bond donors (Lipinski definition) is 1. The maximum Gasteiger partial charge on any atom is 0.267 e. The van der Waals surface area contributed by atoms with Crippen LogP contribution in [-0.2, 0) is 16.1 Å². The molecule has 1 aromatic heterocycles. The van der Waals surface area contributed by atoms with Crippen LogP contribution in [0.15, 0.2) is 22.6 Å². The van der Waals surface area contributed by atoms with Crippen LogP contribution in [0.3, 0.4) is 0 Å². The lowest BCUT2D eigenvalue weighted by Gasteiger charge is -2.32. The van der Waals surface area contributed by atoms with Gasteiger partial charge in [0.2, 0.25) is 5.91 Å². The van der Waals surface area contributed by atoms with Gasteiger partial charge in [-0.15, -0.1) is 11.3 Å². The summed E-state index contributed by atoms with van der Waals surface area (Å²) in [4.78, 5) is 27.5. The van der Waals surface area contributed by atoms with Gasteiger partial charge in [-0.1, -0.05) is 6.07 Å². The second-order valence-corrected chi connectivity index (χ2v) is 7.53. The first-order valence-electron chi connectivity index (χ1n) is 8.49. The molecule has 1 N–H and O–H groups in total. The molecule has 1 saturated heterocycles. The molecule has 0 unspecified atom stereocenters. The number of nitrogens with one attached hydrogen (secondary N) is 1. The highest BCUT2D eigenvalue weighted by Gasteiger charge is 2.24. The zero-order chi connectivity index (χ0) is 16.9. The molecule has 0 aliphatic carbocycles. The van der Waals surface area contributed by atoms with E-state index in [2.05, 4.69) is 32.8 Å². The largest absolute Gasteiger partial charge is 0.351 e. The summed E-state index contributed by atoms with van der Waals surface area (Å²) in [7, 11) is 1.60. The average molecular weight is 348 g/mol. The van der Waals surface area contributed by atoms with Crippen LogP contribution >= 0.6 is 11.3 Å². The predicted octanol–water partition coefficient (Wildman–Crippen LogP) is 1.68. The van der Waals surface area contributed by atoms with Crippen molar-refractivity contribution >= 4 is 28.9 Å². The van der Waals surface area contributed by atoms with Crippen molar-refractivity contribution in [2.24, 2.45) is 11.0 Å². The molecular weight excluding hydrogens is 324 g/mol. The summed E-state index contributed by atoms with van der Waals surface area (Å²) in [6, 6.07) is 4.27. The Labute approximate surface area is 146 Å². The van der Waals surface area contributed by atoms with Crippen LogP contribution in [0, 0.1) is 5.92 Å². The van der Waals surface area contributed by atoms with Crippen molar-refractivity contribution in [2.45, 2.75) is 32.2 Å². The number of likely N-dealkylation sites (tertiary alicyclic amines) is 1. The van der Waals surface area contributed by atoms with Gasteiger partial charge in [-0.3, -0.25) is 14.5 Å². The number of carbonyl (C=O) groups excluding carboxylic acids is 2. The number of piperidine rings is 1. The molecular formula is C17H24N4O2S. The summed E-state index contributed by atoms with van der Waals surface area (Å²) < 4.78 is 0. The van der Waals surface area contributed by atoms with Gasteiger partial charge >= 0.3 is 0 Å². The molecule has 2 amide bonds. The van der Waals surface area contributed by atoms with Crippen molar-refractivity contribution in [3.63, 3.8) is 0 Å². The fourth-order valence-corrected chi connectivity index (χ4v) is 4.00. The zero-order valence-electron chi connectivity index (χ0n) is 14.0. The maximum absolute atomic E-state index is 12.2. The lowest BCUT2D eigenvalue weighted by Crippen LogP contribution is -2.43. The lowest BCUT2D eigenvalue weighted by molar-refractivity contribution is -0.130. The first-order chi connectivity index (χ1) is 11.6. The number of carbonyl (C=O) groups is 2. The second-order valence-electron chi connectivity index (χ2n) is 6.50. The number of thiophene rings is 1. The molecule has 3 heterocycles. The van der Waals surface area contributed by atoms with Crippen molar-refractivity contribution in [1.29, 1.82) is 0 Å². The van der Waals surface area contributed by atoms with Crippen LogP contribution in [0.4, 0.5) is 0 Å². The lowest BCUT2D eigenvalue weighted by atomic mass is 9.97. The molecule has 1 fully saturated rings. The van der Waals surface area contributed by atoms with Crippen LogP contribution in [0.25, 0.3) is 0 Å². The third kappa shape index (κ3) is 4.42. The highest BCUT2D eigenvalue weighted by atomic mass is 32.1. The molecule has 7 heteroatoms. The topological polar surface area (TPSA) is 65.0 Å². The van der Waals surface area contributed by atoms with Crippen LogP contribution in [0.2, 0.25) is 0 Å². The van der Waals surface area contributed by atoms with E-state index in [9.17, 15) is 9.59 Å². The molecule has 2 aliphatic rings. The maximum atomic E-state index is 12.2. The summed E-state index contributed by atoms with van der Waals surface area (Å²) in [5.74, 6) is 0.305. The van der Waals surface area contributed by atoms with Crippen LogP contribution in [0.1, 0.15) is 30.6 Å². The van der Waals surface area contributed by atoms with Crippen molar-refractivity contribution in [3.8, 4) is 0 Å². The fourth-order valence-electron chi connectivity index (χ4n) is 3.26. The Kier molecular flexibility index (Phi) is 5.63. The monoisotopic (exact) mass is 348 g/mol. The molecule has 24 heavy (non-hydrogen) atoms. The summed E-state index contributed by atoms with van der Waals surface area (Å²) in [6.45, 7) is 3.82. The van der Waals surface area contributed by atoms with Crippen LogP contribution in [0.5, 0.6) is 0 Å². The number of nitrogens with zero attached hydrogens (tertiary/aromatic N) is 3. The highest BCUT2D eigenvalue weighted by molar-refractivity contribution is 7.09. The van der Waals surface area contributed by atoms with Crippen molar-refractivity contribution < 1.29 is 9.59 Å². The Balaban J connectivity index is 1.46. The summed E-state index contributed by atoms with van der Waals surface area (Å²) in [6.07, 6.45) is 3.11. The van der Waals surface area contributed by atoms with Gasteiger partial charge in [0.15, 0.2) is 0 Å². The summed E-state index contributed by atoms with van der Waals surface area (Å²) >= 11 is 1.80. The van der Waals surface area contributed by atoms with E-state index in [1.165, 1.54) is 16.3 Å². The first-order valence-corrected chi connectivity index (χ1v) is 9.37. The molecule has 6 nitrogen and oxygen atoms in total. The van der Waals surface area contributed by atoms with E-state index < -0.39 is 0 Å². The quantitative estimate of drug-likeness (QED) is 0.881. The van der Waals surface area contributed by atoms with Gasteiger partial charge in [-0.25, -0.2) is 5.01 Å². The minimum Gasteiger partial charge on any atom is -0.351 e. The standard InChI is InChI=1S/C17H24N4O2S/c1-20-16(22)7-6-15(19-20)17(23)18-10-13-4-2-8-21(11-13)12-14-5-3-9-24-14/h3,5,9,13H,2,4,6-8,10-12H2,1H3,(H,18,23)/t13-/m0/s1. The Morgan fingerprint density at radius 3 is 3.08 bits per heavy atom. The average Bonchev–Trinajstić information content (AvgIpc) is 3.08. The van der Waals surface area contributed by atoms with Gasteiger partial charge in [0.05, 0.1) is 0 Å². The van der Waals surface area contributed by atoms with Gasteiger partial charge in [-0.2, -0.15) is 5.10 Å². The van der Waals surface area contributed by atoms with E-state index in [4.69, 9.17) is 0 Å². The number of hydrogen-bond acceptors (Lipinski definition) is 5. The van der Waals surface area contributed by atoms with Gasteiger partial charge < -0.3 is 5.32 Å². The van der Waals surface area contributed by atoms with E-state index in [-0.39, 0.29) is 11.8 Å². The molecule has 0 aromatic carbocycles. The molecule has 1 aromatic rings. The Morgan fingerprint density at radius 1 is 1.46 bits per heavy atom. The smallest absolute Gasteiger partial charge is 0.267 e. The molecule has 2 aliphatic heterocycles. The van der Waals surface area contributed by atoms with Gasteiger partial charge in [0, 0.05) is 44.4 Å². The molecule has 130 valence electrons. The Bertz CT molecular complexity index is 614. The van der Waals surface area contributed by atoms with E-state index in [0.717, 1.165) is 26.1 Å². The third-order valence-corrected chi connectivity index (χ3v) is 5.44. The Morgan fingerprint density at radius 2 is 2.33 bits per heavy atom. The van der Waals surface area contributed by atoms with Gasteiger partial charge in [-0.05, 0) is 36.8 Å². The molecule has 3 rings (SSSR count). The number of hydrazone groups is 1. The second kappa shape index (κ2) is 7.90. The predicted molar refractivity (Wildman–Crippen MR) is 94.8 cm³/mol. The number of rotatable bonds is 5. The van der Waals surface area contributed by atoms with E-state index >= 15 is 0 Å². The number of amides is 2. The molecule has 0 radical (unpaired) electrons. The van der Waals surface area contributed by atoms with E-state index in [0.29, 0.717) is 31.0 Å². The van der Waals surface area contributed by atoms with Crippen molar-refractivity contribution in [1.82, 2.24) is 15.2 Å². The summed E-state index contributed by atoms with van der Waals surface area (Å²) in [5.41, 5.74) is 0.461. The molecule has 0 saturated carbocycles. The SMILES string of the molecule is CN1N=C(C(=O)NC[C@@H]2CCCN(Cc3cccs3)C2)CCC1=O. The normalized spacial score (nSPS) is 22.4. The van der Waals surface area contributed by atoms with Crippen LogP contribution < -0.4 is 5.32 Å². The molecule has 0 bridgehead atoms. The fraction of sp³-hybridized carbons (Fsp3) is 0.588. The Hall–Kier alpha value is -1.73. The highest BCUT2D eigenvalue weighted by Crippen LogP contribution is 2.20. The van der Waals surface area contributed by atoms with Gasteiger partial charge in [0.1, 0.15) is 5.71 Å². The van der Waals surface area contributed by atoms with Gasteiger partial charge in [0.25, 0.3) is 5.91 Å². The zero-order valence-corrected chi connectivity index (χ0v) is 14.8. The van der Waals surface area contributed by atoms with Crippen molar-refractivity contribution in [3.05, 3.63) is 22.4 Å². The third-order valence-electron chi connectivity index (χ3n) is 4.58. The molecule has 0 spiro atoms. The van der Waals surface area contributed by atoms with E-state index in [1.807, 2.05) is 0 Å². The van der Waals surface area contributed by atoms with E-state index in [1.54, 1.807) is 18.4 Å². The van der Waals surface area contributed by atoms with Crippen LogP contribution in [-0.4, -0.2) is 54.1 Å². The van der Waals surface area contributed by atoms with Crippen molar-refractivity contribution in [2.75, 3.05) is 26.7 Å². The summed E-state index contributed by atoms with van der Waals surface area (Å²) in [5, 5.41) is 10.5.